The van der Waals surface area contributed by atoms with Gasteiger partial charge in [0.05, 0.1) is 7.11 Å². The molecule has 0 bridgehead atoms. The molecule has 26 heavy (non-hydrogen) atoms. The lowest BCUT2D eigenvalue weighted by atomic mass is 10.0. The molecule has 3 N–H and O–H groups in total. The van der Waals surface area contributed by atoms with Gasteiger partial charge in [-0.2, -0.15) is 5.10 Å². The first kappa shape index (κ1) is 17.8. The highest BCUT2D eigenvalue weighted by Gasteiger charge is 2.30. The molecule has 0 aliphatic carbocycles. The molecule has 0 saturated carbocycles. The van der Waals surface area contributed by atoms with E-state index in [9.17, 15) is 4.79 Å². The number of nitrogens with zero attached hydrogens (tertiary/aromatic N) is 1. The van der Waals surface area contributed by atoms with E-state index >= 15 is 0 Å². The van der Waals surface area contributed by atoms with Crippen molar-refractivity contribution in [1.29, 1.82) is 0 Å². The number of carbonyl (C=O) groups is 1. The fourth-order valence-electron chi connectivity index (χ4n) is 2.75. The third-order valence-corrected chi connectivity index (χ3v) is 4.14. The number of hydrazine groups is 1. The normalized spacial score (nSPS) is 19.9. The minimum absolute atomic E-state index is 0.0443. The zero-order valence-electron chi connectivity index (χ0n) is 14.6. The zero-order valence-corrected chi connectivity index (χ0v) is 14.6. The number of hydrogen-bond donors (Lipinski definition) is 3. The van der Waals surface area contributed by atoms with Crippen molar-refractivity contribution in [3.63, 3.8) is 0 Å². The molecule has 2 unspecified atom stereocenters. The maximum Gasteiger partial charge on any atom is 0.258 e. The van der Waals surface area contributed by atoms with Crippen molar-refractivity contribution in [3.8, 4) is 5.75 Å². The molecule has 1 heterocycles. The Balaban J connectivity index is 1.48. The molecule has 1 aliphatic heterocycles. The summed E-state index contributed by atoms with van der Waals surface area (Å²) in [6.45, 7) is 0. The zero-order chi connectivity index (χ0) is 18.2. The van der Waals surface area contributed by atoms with Gasteiger partial charge in [0.15, 0.2) is 0 Å². The number of allylic oxidation sites excluding steroid dienone is 1. The molecular weight excluding hydrogens is 328 g/mol. The Kier molecular flexibility index (Phi) is 6.14. The lowest BCUT2D eigenvalue weighted by Gasteiger charge is -2.10. The van der Waals surface area contributed by atoms with Crippen molar-refractivity contribution in [2.75, 3.05) is 7.11 Å². The smallest absolute Gasteiger partial charge is 0.258 e. The molecule has 1 amide bonds. The monoisotopic (exact) mass is 350 g/mol. The summed E-state index contributed by atoms with van der Waals surface area (Å²) in [6.07, 6.45) is 5.90. The van der Waals surface area contributed by atoms with Gasteiger partial charge < -0.3 is 4.74 Å². The van der Waals surface area contributed by atoms with E-state index < -0.39 is 0 Å². The van der Waals surface area contributed by atoms with Crippen molar-refractivity contribution in [2.24, 2.45) is 5.10 Å². The molecule has 6 heteroatoms. The molecule has 2 aromatic rings. The van der Waals surface area contributed by atoms with Crippen LogP contribution >= 0.6 is 0 Å². The lowest BCUT2D eigenvalue weighted by Crippen LogP contribution is -2.41. The van der Waals surface area contributed by atoms with Crippen molar-refractivity contribution in [2.45, 2.75) is 18.5 Å². The Hall–Kier alpha value is -2.96. The molecule has 1 fully saturated rings. The summed E-state index contributed by atoms with van der Waals surface area (Å²) in [5.74, 6) is 0.624. The summed E-state index contributed by atoms with van der Waals surface area (Å²) in [4.78, 5) is 12.2. The molecule has 3 rings (SSSR count). The highest BCUT2D eigenvalue weighted by molar-refractivity contribution is 5.84. The summed E-state index contributed by atoms with van der Waals surface area (Å²) >= 11 is 0. The molecule has 1 saturated heterocycles. The summed E-state index contributed by atoms with van der Waals surface area (Å²) in [5, 5.41) is 3.96. The van der Waals surface area contributed by atoms with Crippen LogP contribution in [0.4, 0.5) is 0 Å². The standard InChI is InChI=1S/C20H22N4O2/c1-26-17-11-5-10-16(13-17)18-14-19(23-22-18)20(25)24-21-12-6-9-15-7-3-2-4-8-15/h2-13,18-19,22-23H,14H2,1H3,(H,24,25)/b9-6+,21-12+. The van der Waals surface area contributed by atoms with E-state index in [1.165, 1.54) is 0 Å². The van der Waals surface area contributed by atoms with Gasteiger partial charge in [0.1, 0.15) is 11.8 Å². The fourth-order valence-corrected chi connectivity index (χ4v) is 2.75. The van der Waals surface area contributed by atoms with Crippen LogP contribution in [0.3, 0.4) is 0 Å². The Morgan fingerprint density at radius 2 is 2.04 bits per heavy atom. The van der Waals surface area contributed by atoms with Gasteiger partial charge in [0.2, 0.25) is 0 Å². The number of rotatable bonds is 6. The van der Waals surface area contributed by atoms with Crippen LogP contribution in [0.5, 0.6) is 5.75 Å². The fraction of sp³-hybridized carbons (Fsp3) is 0.200. The number of ether oxygens (including phenoxy) is 1. The van der Waals surface area contributed by atoms with E-state index in [1.54, 1.807) is 19.4 Å². The second-order valence-corrected chi connectivity index (χ2v) is 5.93. The van der Waals surface area contributed by atoms with Crippen LogP contribution in [0.15, 0.2) is 65.8 Å². The highest BCUT2D eigenvalue weighted by atomic mass is 16.5. The van der Waals surface area contributed by atoms with Crippen LogP contribution in [0, 0.1) is 0 Å². The number of hydrazone groups is 1. The van der Waals surface area contributed by atoms with Gasteiger partial charge in [0.25, 0.3) is 5.91 Å². The molecule has 0 radical (unpaired) electrons. The summed E-state index contributed by atoms with van der Waals surface area (Å²) < 4.78 is 5.24. The first-order chi connectivity index (χ1) is 12.8. The van der Waals surface area contributed by atoms with Crippen molar-refractivity contribution in [3.05, 3.63) is 71.8 Å². The number of hydrogen-bond acceptors (Lipinski definition) is 5. The van der Waals surface area contributed by atoms with Crippen LogP contribution in [-0.2, 0) is 4.79 Å². The quantitative estimate of drug-likeness (QED) is 0.552. The van der Waals surface area contributed by atoms with E-state index in [1.807, 2.05) is 60.7 Å². The molecule has 0 spiro atoms. The van der Waals surface area contributed by atoms with Crippen molar-refractivity contribution < 1.29 is 9.53 Å². The molecule has 1 aliphatic rings. The third kappa shape index (κ3) is 4.78. The van der Waals surface area contributed by atoms with Crippen LogP contribution in [0.1, 0.15) is 23.6 Å². The van der Waals surface area contributed by atoms with Gasteiger partial charge in [-0.05, 0) is 35.8 Å². The predicted molar refractivity (Wildman–Crippen MR) is 103 cm³/mol. The number of benzene rings is 2. The minimum atomic E-state index is -0.346. The maximum absolute atomic E-state index is 12.2. The summed E-state index contributed by atoms with van der Waals surface area (Å²) in [6, 6.07) is 17.4. The molecular formula is C20H22N4O2. The Bertz CT molecular complexity index is 789. The van der Waals surface area contributed by atoms with E-state index in [0.29, 0.717) is 6.42 Å². The average Bonchev–Trinajstić information content (AvgIpc) is 3.19. The first-order valence-electron chi connectivity index (χ1n) is 8.46. The molecule has 134 valence electrons. The van der Waals surface area contributed by atoms with Gasteiger partial charge in [-0.3, -0.25) is 4.79 Å². The summed E-state index contributed by atoms with van der Waals surface area (Å²) in [7, 11) is 1.64. The Morgan fingerprint density at radius 3 is 2.85 bits per heavy atom. The van der Waals surface area contributed by atoms with Crippen LogP contribution in [0.2, 0.25) is 0 Å². The van der Waals surface area contributed by atoms with E-state index in [0.717, 1.165) is 16.9 Å². The van der Waals surface area contributed by atoms with Crippen molar-refractivity contribution >= 4 is 18.2 Å². The average molecular weight is 350 g/mol. The van der Waals surface area contributed by atoms with Gasteiger partial charge in [-0.25, -0.2) is 16.3 Å². The largest absolute Gasteiger partial charge is 0.497 e. The Morgan fingerprint density at radius 1 is 1.19 bits per heavy atom. The highest BCUT2D eigenvalue weighted by Crippen LogP contribution is 2.25. The summed E-state index contributed by atoms with van der Waals surface area (Å²) in [5.41, 5.74) is 10.9. The van der Waals surface area contributed by atoms with Crippen LogP contribution in [-0.4, -0.2) is 25.3 Å². The number of amides is 1. The third-order valence-electron chi connectivity index (χ3n) is 4.14. The lowest BCUT2D eigenvalue weighted by molar-refractivity contribution is -0.122. The van der Waals surface area contributed by atoms with Gasteiger partial charge in [-0.15, -0.1) is 0 Å². The maximum atomic E-state index is 12.2. The Labute approximate surface area is 152 Å². The van der Waals surface area contributed by atoms with Crippen LogP contribution in [0.25, 0.3) is 6.08 Å². The predicted octanol–water partition coefficient (Wildman–Crippen LogP) is 2.42. The first-order valence-corrected chi connectivity index (χ1v) is 8.46. The molecule has 2 atom stereocenters. The van der Waals surface area contributed by atoms with Crippen molar-refractivity contribution in [1.82, 2.24) is 16.3 Å². The molecule has 2 aromatic carbocycles. The van der Waals surface area contributed by atoms with E-state index in [4.69, 9.17) is 4.74 Å². The molecule has 0 aromatic heterocycles. The minimum Gasteiger partial charge on any atom is -0.497 e. The second kappa shape index (κ2) is 8.94. The topological polar surface area (TPSA) is 74.8 Å². The van der Waals surface area contributed by atoms with E-state index in [2.05, 4.69) is 21.4 Å². The van der Waals surface area contributed by atoms with Gasteiger partial charge >= 0.3 is 0 Å². The number of methoxy groups -OCH3 is 1. The number of carbonyl (C=O) groups excluding carboxylic acids is 1. The molecule has 6 nitrogen and oxygen atoms in total. The second-order valence-electron chi connectivity index (χ2n) is 5.93. The van der Waals surface area contributed by atoms with Crippen LogP contribution < -0.4 is 21.0 Å². The number of nitrogens with one attached hydrogen (secondary N) is 3. The van der Waals surface area contributed by atoms with Gasteiger partial charge in [-0.1, -0.05) is 48.5 Å². The van der Waals surface area contributed by atoms with Gasteiger partial charge in [0, 0.05) is 12.3 Å². The van der Waals surface area contributed by atoms with E-state index in [-0.39, 0.29) is 18.0 Å². The SMILES string of the molecule is COc1cccc(C2CC(C(=O)N/N=C/C=C/c3ccccc3)NN2)c1.